The molecule has 5 heteroatoms. The summed E-state index contributed by atoms with van der Waals surface area (Å²) in [5.41, 5.74) is 1.46. The second-order valence-corrected chi connectivity index (χ2v) is 6.97. The van der Waals surface area contributed by atoms with Gasteiger partial charge in [-0.25, -0.2) is 4.39 Å². The maximum Gasteiger partial charge on any atom is 0.253 e. The van der Waals surface area contributed by atoms with Gasteiger partial charge in [0.1, 0.15) is 11.9 Å². The molecule has 140 valence electrons. The number of nitrogens with zero attached hydrogens (tertiary/aromatic N) is 3. The molecule has 1 saturated heterocycles. The van der Waals surface area contributed by atoms with E-state index in [1.165, 1.54) is 12.1 Å². The van der Waals surface area contributed by atoms with Gasteiger partial charge in [-0.05, 0) is 40.6 Å². The van der Waals surface area contributed by atoms with Gasteiger partial charge in [-0.1, -0.05) is 42.5 Å². The molecular weight excluding hydrogens is 353 g/mol. The van der Waals surface area contributed by atoms with Crippen molar-refractivity contribution in [3.8, 4) is 6.07 Å². The Labute approximate surface area is 163 Å². The fraction of sp³-hybridized carbons (Fsp3) is 0.217. The Morgan fingerprint density at radius 1 is 0.929 bits per heavy atom. The number of nitriles is 1. The van der Waals surface area contributed by atoms with Crippen LogP contribution in [-0.2, 0) is 0 Å². The lowest BCUT2D eigenvalue weighted by Gasteiger charge is -2.37. The third-order valence-corrected chi connectivity index (χ3v) is 5.27. The van der Waals surface area contributed by atoms with E-state index in [4.69, 9.17) is 0 Å². The van der Waals surface area contributed by atoms with E-state index in [0.717, 1.165) is 16.3 Å². The van der Waals surface area contributed by atoms with Gasteiger partial charge in [-0.2, -0.15) is 5.26 Å². The highest BCUT2D eigenvalue weighted by Gasteiger charge is 2.27. The molecular formula is C23H20FN3O. The number of fused-ring (bicyclic) bond motifs is 1. The molecule has 4 rings (SSSR count). The van der Waals surface area contributed by atoms with Crippen LogP contribution >= 0.6 is 0 Å². The Kier molecular flexibility index (Phi) is 5.05. The van der Waals surface area contributed by atoms with Crippen LogP contribution in [0.2, 0.25) is 0 Å². The third-order valence-electron chi connectivity index (χ3n) is 5.27. The van der Waals surface area contributed by atoms with Crippen LogP contribution in [0.3, 0.4) is 0 Å². The van der Waals surface area contributed by atoms with Crippen molar-refractivity contribution in [2.45, 2.75) is 6.04 Å². The normalized spacial score (nSPS) is 15.9. The second-order valence-electron chi connectivity index (χ2n) is 6.97. The van der Waals surface area contributed by atoms with E-state index in [0.29, 0.717) is 31.7 Å². The zero-order valence-electron chi connectivity index (χ0n) is 15.4. The van der Waals surface area contributed by atoms with E-state index < -0.39 is 6.04 Å². The maximum absolute atomic E-state index is 13.2. The quantitative estimate of drug-likeness (QED) is 0.697. The Balaban J connectivity index is 1.44. The molecule has 0 N–H and O–H groups in total. The van der Waals surface area contributed by atoms with Crippen LogP contribution in [0, 0.1) is 17.1 Å². The van der Waals surface area contributed by atoms with Crippen molar-refractivity contribution in [1.29, 1.82) is 5.26 Å². The molecule has 0 spiro atoms. The molecule has 4 nitrogen and oxygen atoms in total. The van der Waals surface area contributed by atoms with E-state index in [1.807, 2.05) is 52.3 Å². The molecule has 1 fully saturated rings. The maximum atomic E-state index is 13.2. The summed E-state index contributed by atoms with van der Waals surface area (Å²) in [5, 5.41) is 11.7. The lowest BCUT2D eigenvalue weighted by molar-refractivity contribution is 0.0606. The lowest BCUT2D eigenvalue weighted by Crippen LogP contribution is -2.49. The predicted octanol–water partition coefficient (Wildman–Crippen LogP) is 4.00. The molecule has 1 aliphatic rings. The summed E-state index contributed by atoms with van der Waals surface area (Å²) in [6.07, 6.45) is 0. The Bertz CT molecular complexity index is 1030. The number of benzene rings is 3. The summed E-state index contributed by atoms with van der Waals surface area (Å²) < 4.78 is 13.2. The van der Waals surface area contributed by atoms with Crippen LogP contribution in [0.1, 0.15) is 22.0 Å². The molecule has 0 unspecified atom stereocenters. The third kappa shape index (κ3) is 3.60. The van der Waals surface area contributed by atoms with E-state index in [9.17, 15) is 14.4 Å². The Morgan fingerprint density at radius 2 is 1.61 bits per heavy atom. The first-order valence-electron chi connectivity index (χ1n) is 9.33. The van der Waals surface area contributed by atoms with Crippen LogP contribution < -0.4 is 0 Å². The molecule has 3 aromatic carbocycles. The highest BCUT2D eigenvalue weighted by atomic mass is 19.1. The van der Waals surface area contributed by atoms with Gasteiger partial charge in [0.15, 0.2) is 0 Å². The van der Waals surface area contributed by atoms with Gasteiger partial charge in [0, 0.05) is 31.7 Å². The number of carbonyl (C=O) groups excluding carboxylic acids is 1. The van der Waals surface area contributed by atoms with Crippen molar-refractivity contribution in [1.82, 2.24) is 9.80 Å². The van der Waals surface area contributed by atoms with Gasteiger partial charge in [0.2, 0.25) is 0 Å². The van der Waals surface area contributed by atoms with E-state index in [1.54, 1.807) is 12.1 Å². The van der Waals surface area contributed by atoms with E-state index >= 15 is 0 Å². The Hall–Kier alpha value is -3.23. The van der Waals surface area contributed by atoms with Gasteiger partial charge in [0.05, 0.1) is 6.07 Å². The van der Waals surface area contributed by atoms with Crippen molar-refractivity contribution in [3.05, 3.63) is 83.7 Å². The molecule has 1 amide bonds. The lowest BCUT2D eigenvalue weighted by atomic mass is 10.0. The average Bonchev–Trinajstić information content (AvgIpc) is 2.75. The zero-order chi connectivity index (χ0) is 19.5. The summed E-state index contributed by atoms with van der Waals surface area (Å²) in [6.45, 7) is 2.33. The van der Waals surface area contributed by atoms with Crippen LogP contribution in [0.15, 0.2) is 66.7 Å². The molecule has 0 saturated carbocycles. The average molecular weight is 373 g/mol. The fourth-order valence-corrected chi connectivity index (χ4v) is 3.70. The van der Waals surface area contributed by atoms with Crippen LogP contribution in [-0.4, -0.2) is 41.9 Å². The first-order chi connectivity index (χ1) is 13.7. The molecule has 0 aromatic heterocycles. The molecule has 1 heterocycles. The molecule has 28 heavy (non-hydrogen) atoms. The topological polar surface area (TPSA) is 47.3 Å². The largest absolute Gasteiger partial charge is 0.336 e. The van der Waals surface area contributed by atoms with E-state index in [-0.39, 0.29) is 11.7 Å². The fourth-order valence-electron chi connectivity index (χ4n) is 3.70. The standard InChI is InChI=1S/C23H20FN3O/c24-21-9-7-18(8-10-21)22(16-25)26-11-13-27(14-12-26)23(28)20-6-5-17-3-1-2-4-19(17)15-20/h1-10,15,22H,11-14H2/t22-/m0/s1. The summed E-state index contributed by atoms with van der Waals surface area (Å²) in [7, 11) is 0. The number of rotatable bonds is 3. The minimum absolute atomic E-state index is 0.0145. The number of amides is 1. The van der Waals surface area contributed by atoms with E-state index in [2.05, 4.69) is 6.07 Å². The molecule has 0 radical (unpaired) electrons. The summed E-state index contributed by atoms with van der Waals surface area (Å²) in [6, 6.07) is 21.7. The van der Waals surface area contributed by atoms with Crippen molar-refractivity contribution in [3.63, 3.8) is 0 Å². The highest BCUT2D eigenvalue weighted by Crippen LogP contribution is 2.23. The SMILES string of the molecule is N#C[C@@H](c1ccc(F)cc1)N1CCN(C(=O)c2ccc3ccccc3c2)CC1. The van der Waals surface area contributed by atoms with Gasteiger partial charge in [0.25, 0.3) is 5.91 Å². The monoisotopic (exact) mass is 373 g/mol. The number of carbonyl (C=O) groups is 1. The smallest absolute Gasteiger partial charge is 0.253 e. The van der Waals surface area contributed by atoms with Crippen molar-refractivity contribution < 1.29 is 9.18 Å². The van der Waals surface area contributed by atoms with Crippen molar-refractivity contribution in [2.24, 2.45) is 0 Å². The second kappa shape index (κ2) is 7.79. The Morgan fingerprint density at radius 3 is 2.29 bits per heavy atom. The molecule has 1 atom stereocenters. The molecule has 0 aliphatic carbocycles. The molecule has 1 aliphatic heterocycles. The first-order valence-corrected chi connectivity index (χ1v) is 9.33. The number of hydrogen-bond donors (Lipinski definition) is 0. The van der Waals surface area contributed by atoms with Crippen molar-refractivity contribution >= 4 is 16.7 Å². The number of halogens is 1. The highest BCUT2D eigenvalue weighted by molar-refractivity contribution is 5.98. The first kappa shape index (κ1) is 18.1. The molecule has 3 aromatic rings. The summed E-state index contributed by atoms with van der Waals surface area (Å²) in [5.74, 6) is -0.299. The molecule has 0 bridgehead atoms. The summed E-state index contributed by atoms with van der Waals surface area (Å²) in [4.78, 5) is 16.8. The minimum Gasteiger partial charge on any atom is -0.336 e. The van der Waals surface area contributed by atoms with Crippen molar-refractivity contribution in [2.75, 3.05) is 26.2 Å². The van der Waals surface area contributed by atoms with Crippen LogP contribution in [0.4, 0.5) is 4.39 Å². The number of hydrogen-bond acceptors (Lipinski definition) is 3. The minimum atomic E-state index is -0.432. The van der Waals surface area contributed by atoms with Crippen LogP contribution in [0.5, 0.6) is 0 Å². The van der Waals surface area contributed by atoms with Gasteiger partial charge < -0.3 is 4.90 Å². The van der Waals surface area contributed by atoms with Crippen LogP contribution in [0.25, 0.3) is 10.8 Å². The summed E-state index contributed by atoms with van der Waals surface area (Å²) >= 11 is 0. The predicted molar refractivity (Wildman–Crippen MR) is 106 cm³/mol. The van der Waals surface area contributed by atoms with Gasteiger partial charge in [-0.15, -0.1) is 0 Å². The van der Waals surface area contributed by atoms with Gasteiger partial charge >= 0.3 is 0 Å². The van der Waals surface area contributed by atoms with Gasteiger partial charge in [-0.3, -0.25) is 9.69 Å². The zero-order valence-corrected chi connectivity index (χ0v) is 15.4. The number of piperazine rings is 1.